The SMILES string of the molecule is CCC(=O)[Si](O[Si](C)(O[Si](C)(C)C)O[Si](C)(C)C)(O[Si](C)(O[Si](C)(C)C)O[Si](C)(C)C)O[Si](C)(O[Si](C)(C)C)O[Si](C)(C)C. The Kier molecular flexibility index (Phi) is 15.7. The second kappa shape index (κ2) is 15.2. The van der Waals surface area contributed by atoms with Crippen molar-refractivity contribution in [3.05, 3.63) is 0 Å². The van der Waals surface area contributed by atoms with Crippen LogP contribution in [0.15, 0.2) is 0 Å². The molecule has 0 atom stereocenters. The molecular weight excluding hydrogens is 729 g/mol. The Labute approximate surface area is 281 Å². The van der Waals surface area contributed by atoms with Crippen LogP contribution < -0.4 is 0 Å². The molecule has 0 bridgehead atoms. The molecule has 264 valence electrons. The Bertz CT molecular complexity index is 789. The van der Waals surface area contributed by atoms with Gasteiger partial charge in [0.25, 0.3) is 0 Å². The Morgan fingerprint density at radius 2 is 0.500 bits per heavy atom. The van der Waals surface area contributed by atoms with E-state index in [4.69, 9.17) is 37.0 Å². The van der Waals surface area contributed by atoms with Gasteiger partial charge in [-0.3, -0.25) is 4.79 Å². The van der Waals surface area contributed by atoms with Crippen LogP contribution in [0.1, 0.15) is 13.3 Å². The maximum absolute atomic E-state index is 14.5. The van der Waals surface area contributed by atoms with Crippen molar-refractivity contribution in [1.29, 1.82) is 0 Å². The first-order valence-electron chi connectivity index (χ1n) is 15.7. The zero-order valence-corrected chi connectivity index (χ0v) is 42.3. The predicted molar refractivity (Wildman–Crippen MR) is 206 cm³/mol. The van der Waals surface area contributed by atoms with E-state index in [1.54, 1.807) is 6.92 Å². The van der Waals surface area contributed by atoms with Gasteiger partial charge in [-0.1, -0.05) is 6.92 Å². The summed E-state index contributed by atoms with van der Waals surface area (Å²) in [4.78, 5) is 14.5. The van der Waals surface area contributed by atoms with Crippen LogP contribution in [-0.4, -0.2) is 90.5 Å². The lowest BCUT2D eigenvalue weighted by Crippen LogP contribution is -2.74. The van der Waals surface area contributed by atoms with E-state index < -0.39 is 85.1 Å². The van der Waals surface area contributed by atoms with Gasteiger partial charge in [-0.25, -0.2) is 0 Å². The van der Waals surface area contributed by atoms with E-state index in [1.165, 1.54) is 0 Å². The van der Waals surface area contributed by atoms with Gasteiger partial charge in [0.05, 0.1) is 0 Å². The third kappa shape index (κ3) is 19.5. The maximum atomic E-state index is 14.5. The normalized spacial score (nSPS) is 15.6. The van der Waals surface area contributed by atoms with Crippen molar-refractivity contribution in [3.63, 3.8) is 0 Å². The number of carbonyl (C=O) groups excluding carboxylic acids is 1. The summed E-state index contributed by atoms with van der Waals surface area (Å²) in [6.45, 7) is 45.0. The minimum atomic E-state index is -4.47. The van der Waals surface area contributed by atoms with Crippen LogP contribution in [0.4, 0.5) is 0 Å². The van der Waals surface area contributed by atoms with E-state index in [2.05, 4.69) is 118 Å². The first-order valence-corrected chi connectivity index (χ1v) is 44.5. The van der Waals surface area contributed by atoms with Gasteiger partial charge in [-0.05, 0) is 118 Å². The van der Waals surface area contributed by atoms with Gasteiger partial charge >= 0.3 is 35.2 Å². The predicted octanol–water partition coefficient (Wildman–Crippen LogP) is 8.31. The fourth-order valence-corrected chi connectivity index (χ4v) is 45.6. The largest absolute Gasteiger partial charge is 0.552 e. The second-order valence-electron chi connectivity index (χ2n) is 17.5. The van der Waals surface area contributed by atoms with E-state index in [0.29, 0.717) is 0 Å². The molecule has 20 heteroatoms. The van der Waals surface area contributed by atoms with Crippen LogP contribution in [-0.2, 0) is 41.8 Å². The lowest BCUT2D eigenvalue weighted by atomic mass is 10.6. The summed E-state index contributed by atoms with van der Waals surface area (Å²) in [5.74, 6) is 0. The fourth-order valence-electron chi connectivity index (χ4n) is 4.71. The molecule has 0 aromatic heterocycles. The zero-order valence-electron chi connectivity index (χ0n) is 32.3. The van der Waals surface area contributed by atoms with Gasteiger partial charge in [0, 0.05) is 26.1 Å². The molecule has 0 fully saturated rings. The highest BCUT2D eigenvalue weighted by molar-refractivity contribution is 7.05. The quantitative estimate of drug-likeness (QED) is 0.112. The summed E-state index contributed by atoms with van der Waals surface area (Å²) >= 11 is 0. The van der Waals surface area contributed by atoms with E-state index in [9.17, 15) is 4.79 Å². The van der Waals surface area contributed by atoms with Crippen LogP contribution in [0.3, 0.4) is 0 Å². The lowest BCUT2D eigenvalue weighted by Gasteiger charge is -2.48. The molecule has 0 rings (SSSR count). The summed E-state index contributed by atoms with van der Waals surface area (Å²) in [5, 5.41) is -0.288. The minimum Gasteiger partial charge on any atom is -0.417 e. The van der Waals surface area contributed by atoms with Gasteiger partial charge < -0.3 is 37.0 Å². The number of hydrogen-bond donors (Lipinski definition) is 0. The summed E-state index contributed by atoms with van der Waals surface area (Å²) in [6.07, 6.45) is 0.116. The molecule has 0 aliphatic heterocycles. The second-order valence-corrected chi connectivity index (χ2v) is 57.1. The summed E-state index contributed by atoms with van der Waals surface area (Å²) in [5.41, 5.74) is 0. The minimum absolute atomic E-state index is 0.116. The molecule has 0 aromatic carbocycles. The molecule has 0 heterocycles. The Morgan fingerprint density at radius 3 is 0.614 bits per heavy atom. The average Bonchev–Trinajstić information content (AvgIpc) is 2.55. The fraction of sp³-hybridized carbons (Fsp3) is 0.958. The number of hydrogen-bond acceptors (Lipinski definition) is 10. The Balaban J connectivity index is 7.87. The molecular formula is C24H68O10Si10. The molecule has 0 N–H and O–H groups in total. The first-order chi connectivity index (χ1) is 18.8. The van der Waals surface area contributed by atoms with Crippen molar-refractivity contribution < 1.29 is 41.8 Å². The molecule has 0 unspecified atom stereocenters. The highest BCUT2D eigenvalue weighted by Crippen LogP contribution is 2.35. The smallest absolute Gasteiger partial charge is 0.417 e. The van der Waals surface area contributed by atoms with E-state index in [1.807, 2.05) is 19.6 Å². The summed E-state index contributed by atoms with van der Waals surface area (Å²) in [6, 6.07) is 0. The van der Waals surface area contributed by atoms with E-state index >= 15 is 0 Å². The zero-order chi connectivity index (χ0) is 35.6. The molecule has 10 nitrogen and oxygen atoms in total. The molecule has 44 heavy (non-hydrogen) atoms. The van der Waals surface area contributed by atoms with E-state index in [-0.39, 0.29) is 11.8 Å². The molecule has 0 aliphatic carbocycles. The third-order valence-corrected chi connectivity index (χ3v) is 36.9. The molecule has 0 saturated heterocycles. The van der Waals surface area contributed by atoms with Crippen molar-refractivity contribution in [2.45, 2.75) is 151 Å². The highest BCUT2D eigenvalue weighted by atomic mass is 28.6. The molecule has 0 aliphatic rings. The van der Waals surface area contributed by atoms with Gasteiger partial charge in [0.15, 0.2) is 49.9 Å². The number of carbonyl (C=O) groups is 1. The standard InChI is InChI=1S/C24H68O10Si10/c1-23-24(25)44(32-41(20,26-35(2,3)4)27-36(5,6)7,33-42(21,28-37(8,9)10)29-38(11,12)13)34-43(22,30-39(14,15)16)31-40(17,18)19/h23H2,1-22H3. The van der Waals surface area contributed by atoms with Crippen LogP contribution in [0, 0.1) is 0 Å². The first kappa shape index (κ1) is 45.5. The van der Waals surface area contributed by atoms with Gasteiger partial charge in [0.2, 0.25) is 5.41 Å². The van der Waals surface area contributed by atoms with Gasteiger partial charge in [-0.15, -0.1) is 0 Å². The van der Waals surface area contributed by atoms with Crippen LogP contribution in [0.5, 0.6) is 0 Å². The molecule has 0 saturated carbocycles. The van der Waals surface area contributed by atoms with Crippen molar-refractivity contribution >= 4 is 90.5 Å². The van der Waals surface area contributed by atoms with Crippen molar-refractivity contribution in [3.8, 4) is 0 Å². The average molecular weight is 798 g/mol. The van der Waals surface area contributed by atoms with Crippen LogP contribution in [0.25, 0.3) is 0 Å². The summed E-state index contributed by atoms with van der Waals surface area (Å²) in [7, 11) is -28.7. The van der Waals surface area contributed by atoms with Crippen molar-refractivity contribution in [2.24, 2.45) is 0 Å². The van der Waals surface area contributed by atoms with Crippen molar-refractivity contribution in [1.82, 2.24) is 0 Å². The van der Waals surface area contributed by atoms with Crippen LogP contribution >= 0.6 is 0 Å². The van der Waals surface area contributed by atoms with E-state index in [0.717, 1.165) is 0 Å². The third-order valence-electron chi connectivity index (χ3n) is 4.57. The van der Waals surface area contributed by atoms with Crippen molar-refractivity contribution in [2.75, 3.05) is 0 Å². The molecule has 0 amide bonds. The Morgan fingerprint density at radius 1 is 0.341 bits per heavy atom. The summed E-state index contributed by atoms with van der Waals surface area (Å²) < 4.78 is 62.0. The van der Waals surface area contributed by atoms with Gasteiger partial charge in [-0.2, -0.15) is 0 Å². The number of rotatable bonds is 20. The monoisotopic (exact) mass is 796 g/mol. The highest BCUT2D eigenvalue weighted by Gasteiger charge is 2.66. The Hall–Kier alpha value is 1.48. The lowest BCUT2D eigenvalue weighted by molar-refractivity contribution is -0.117. The molecule has 0 aromatic rings. The molecule has 0 radical (unpaired) electrons. The van der Waals surface area contributed by atoms with Gasteiger partial charge in [0.1, 0.15) is 0 Å². The topological polar surface area (TPSA) is 100 Å². The maximum Gasteiger partial charge on any atom is 0.552 e. The molecule has 0 spiro atoms. The van der Waals surface area contributed by atoms with Crippen LogP contribution in [0.2, 0.25) is 137 Å².